The lowest BCUT2D eigenvalue weighted by Gasteiger charge is -2.33. The van der Waals surface area contributed by atoms with Gasteiger partial charge in [-0.1, -0.05) is 35.9 Å². The van der Waals surface area contributed by atoms with E-state index in [4.69, 9.17) is 11.6 Å². The first kappa shape index (κ1) is 18.6. The quantitative estimate of drug-likeness (QED) is 0.426. The zero-order valence-corrected chi connectivity index (χ0v) is 16.1. The summed E-state index contributed by atoms with van der Waals surface area (Å²) >= 11 is 6.21. The summed E-state index contributed by atoms with van der Waals surface area (Å²) in [7, 11) is 0. The van der Waals surface area contributed by atoms with Crippen molar-refractivity contribution in [1.82, 2.24) is 15.0 Å². The third-order valence-electron chi connectivity index (χ3n) is 4.46. The van der Waals surface area contributed by atoms with Crippen molar-refractivity contribution in [2.24, 2.45) is 0 Å². The number of aromatic nitrogens is 3. The van der Waals surface area contributed by atoms with Crippen molar-refractivity contribution >= 4 is 23.1 Å². The molecule has 0 saturated heterocycles. The fourth-order valence-electron chi connectivity index (χ4n) is 3.25. The molecule has 29 heavy (non-hydrogen) atoms. The van der Waals surface area contributed by atoms with Gasteiger partial charge in [0.05, 0.1) is 29.6 Å². The summed E-state index contributed by atoms with van der Waals surface area (Å²) in [6, 6.07) is 22.7. The van der Waals surface area contributed by atoms with Gasteiger partial charge in [-0.3, -0.25) is 9.97 Å². The second-order valence-electron chi connectivity index (χ2n) is 6.33. The van der Waals surface area contributed by atoms with Crippen LogP contribution in [-0.2, 0) is 0 Å². The van der Waals surface area contributed by atoms with E-state index in [0.717, 1.165) is 16.8 Å². The minimum Gasteiger partial charge on any atom is -0.313 e. The average Bonchev–Trinajstić information content (AvgIpc) is 2.78. The Hall–Kier alpha value is -3.75. The maximum atomic E-state index is 9.41. The molecule has 1 atom stereocenters. The van der Waals surface area contributed by atoms with Gasteiger partial charge in [-0.2, -0.15) is 5.26 Å². The van der Waals surface area contributed by atoms with Gasteiger partial charge in [0, 0.05) is 18.6 Å². The summed E-state index contributed by atoms with van der Waals surface area (Å²) in [6.45, 7) is 0. The molecule has 4 rings (SSSR count). The number of halogens is 1. The number of nitrogens with zero attached hydrogens (tertiary/aromatic N) is 5. The van der Waals surface area contributed by atoms with E-state index in [-0.39, 0.29) is 6.04 Å². The van der Waals surface area contributed by atoms with Crippen molar-refractivity contribution in [1.29, 1.82) is 5.26 Å². The number of hydrogen-bond acceptors (Lipinski definition) is 5. The minimum absolute atomic E-state index is 0.285. The molecule has 3 heterocycles. The summed E-state index contributed by atoms with van der Waals surface area (Å²) < 4.78 is 0. The SMILES string of the molecule is N#Cc1cccc(C(c2cccnc2)N(c2cccnc2)c2cccc(Cl)n2)c1. The predicted octanol–water partition coefficient (Wildman–Crippen LogP) is 5.32. The number of nitriles is 1. The van der Waals surface area contributed by atoms with Crippen LogP contribution in [0.4, 0.5) is 11.5 Å². The molecule has 3 aromatic heterocycles. The van der Waals surface area contributed by atoms with Crippen molar-refractivity contribution in [3.05, 3.63) is 113 Å². The van der Waals surface area contributed by atoms with Crippen molar-refractivity contribution in [3.63, 3.8) is 0 Å². The van der Waals surface area contributed by atoms with Gasteiger partial charge in [0.2, 0.25) is 0 Å². The first-order valence-corrected chi connectivity index (χ1v) is 9.36. The first-order valence-electron chi connectivity index (χ1n) is 8.98. The Kier molecular flexibility index (Phi) is 5.46. The largest absolute Gasteiger partial charge is 0.313 e. The summed E-state index contributed by atoms with van der Waals surface area (Å²) in [5, 5.41) is 9.80. The highest BCUT2D eigenvalue weighted by molar-refractivity contribution is 6.29. The number of benzene rings is 1. The third kappa shape index (κ3) is 4.08. The van der Waals surface area contributed by atoms with Crippen LogP contribution in [0.3, 0.4) is 0 Å². The maximum Gasteiger partial charge on any atom is 0.135 e. The number of hydrogen-bond donors (Lipinski definition) is 0. The van der Waals surface area contributed by atoms with Crippen LogP contribution in [0.2, 0.25) is 5.15 Å². The molecule has 0 amide bonds. The summed E-state index contributed by atoms with van der Waals surface area (Å²) in [6.07, 6.45) is 7.05. The fraction of sp³-hybridized carbons (Fsp3) is 0.0435. The van der Waals surface area contributed by atoms with Gasteiger partial charge < -0.3 is 4.90 Å². The topological polar surface area (TPSA) is 65.7 Å². The van der Waals surface area contributed by atoms with E-state index in [1.165, 1.54) is 0 Å². The van der Waals surface area contributed by atoms with Gasteiger partial charge in [0.15, 0.2) is 0 Å². The van der Waals surface area contributed by atoms with Crippen LogP contribution in [0.5, 0.6) is 0 Å². The molecule has 0 saturated carbocycles. The fourth-order valence-corrected chi connectivity index (χ4v) is 3.41. The molecule has 1 unspecified atom stereocenters. The molecule has 6 heteroatoms. The first-order chi connectivity index (χ1) is 14.3. The van der Waals surface area contributed by atoms with E-state index in [0.29, 0.717) is 16.5 Å². The normalized spacial score (nSPS) is 11.4. The molecule has 5 nitrogen and oxygen atoms in total. The van der Waals surface area contributed by atoms with Crippen molar-refractivity contribution in [3.8, 4) is 6.07 Å². The summed E-state index contributed by atoms with van der Waals surface area (Å²) in [5.41, 5.74) is 3.32. The van der Waals surface area contributed by atoms with E-state index in [2.05, 4.69) is 21.0 Å². The Labute approximate surface area is 173 Å². The average molecular weight is 398 g/mol. The van der Waals surface area contributed by atoms with Gasteiger partial charge in [-0.15, -0.1) is 0 Å². The Balaban J connectivity index is 1.97. The second-order valence-corrected chi connectivity index (χ2v) is 6.71. The van der Waals surface area contributed by atoms with Crippen molar-refractivity contribution in [2.75, 3.05) is 4.90 Å². The lowest BCUT2D eigenvalue weighted by molar-refractivity contribution is 0.798. The number of rotatable bonds is 5. The highest BCUT2D eigenvalue weighted by Crippen LogP contribution is 2.38. The molecule has 0 aliphatic carbocycles. The molecule has 4 aromatic rings. The van der Waals surface area contributed by atoms with Crippen LogP contribution in [0, 0.1) is 11.3 Å². The zero-order chi connectivity index (χ0) is 20.1. The Morgan fingerprint density at radius 2 is 1.62 bits per heavy atom. The van der Waals surface area contributed by atoms with E-state index >= 15 is 0 Å². The Bertz CT molecular complexity index is 1140. The van der Waals surface area contributed by atoms with E-state index in [1.807, 2.05) is 65.7 Å². The lowest BCUT2D eigenvalue weighted by atomic mass is 9.96. The van der Waals surface area contributed by atoms with E-state index in [9.17, 15) is 5.26 Å². The van der Waals surface area contributed by atoms with E-state index < -0.39 is 0 Å². The highest BCUT2D eigenvalue weighted by atomic mass is 35.5. The van der Waals surface area contributed by atoms with Crippen LogP contribution in [-0.4, -0.2) is 15.0 Å². The van der Waals surface area contributed by atoms with E-state index in [1.54, 1.807) is 30.7 Å². The molecule has 0 N–H and O–H groups in total. The molecular weight excluding hydrogens is 382 g/mol. The second kappa shape index (κ2) is 8.51. The zero-order valence-electron chi connectivity index (χ0n) is 15.4. The number of anilines is 2. The van der Waals surface area contributed by atoms with Gasteiger partial charge in [0.1, 0.15) is 11.0 Å². The van der Waals surface area contributed by atoms with Gasteiger partial charge in [-0.05, 0) is 53.6 Å². The molecule has 0 bridgehead atoms. The van der Waals surface area contributed by atoms with Crippen molar-refractivity contribution < 1.29 is 0 Å². The molecule has 0 aliphatic rings. The predicted molar refractivity (Wildman–Crippen MR) is 113 cm³/mol. The number of pyridine rings is 3. The Morgan fingerprint density at radius 3 is 2.31 bits per heavy atom. The van der Waals surface area contributed by atoms with Gasteiger partial charge >= 0.3 is 0 Å². The minimum atomic E-state index is -0.285. The molecule has 0 spiro atoms. The van der Waals surface area contributed by atoms with Crippen LogP contribution >= 0.6 is 11.6 Å². The summed E-state index contributed by atoms with van der Waals surface area (Å²) in [5.74, 6) is 0.668. The van der Waals surface area contributed by atoms with Crippen molar-refractivity contribution in [2.45, 2.75) is 6.04 Å². The van der Waals surface area contributed by atoms with Gasteiger partial charge in [0.25, 0.3) is 0 Å². The molecular formula is C23H16ClN5. The highest BCUT2D eigenvalue weighted by Gasteiger charge is 2.26. The van der Waals surface area contributed by atoms with Crippen LogP contribution in [0.25, 0.3) is 0 Å². The molecule has 0 fully saturated rings. The standard InChI is InChI=1S/C23H16ClN5/c24-21-9-2-10-22(28-21)29(20-8-4-12-27-16-20)23(19-7-3-11-26-15-19)18-6-1-5-17(13-18)14-25/h1-13,15-16,23H. The van der Waals surface area contributed by atoms with Gasteiger partial charge in [-0.25, -0.2) is 4.98 Å². The van der Waals surface area contributed by atoms with Crippen LogP contribution in [0.1, 0.15) is 22.7 Å². The lowest BCUT2D eigenvalue weighted by Crippen LogP contribution is -2.26. The third-order valence-corrected chi connectivity index (χ3v) is 4.67. The molecule has 0 radical (unpaired) electrons. The summed E-state index contributed by atoms with van der Waals surface area (Å²) in [4.78, 5) is 15.2. The smallest absolute Gasteiger partial charge is 0.135 e. The van der Waals surface area contributed by atoms with Crippen LogP contribution in [0.15, 0.2) is 91.5 Å². The monoisotopic (exact) mass is 397 g/mol. The maximum absolute atomic E-state index is 9.41. The molecule has 1 aromatic carbocycles. The Morgan fingerprint density at radius 1 is 0.862 bits per heavy atom. The van der Waals surface area contributed by atoms with Crippen LogP contribution < -0.4 is 4.90 Å². The molecule has 140 valence electrons. The molecule has 0 aliphatic heterocycles.